The predicted octanol–water partition coefficient (Wildman–Crippen LogP) is 1.61. The van der Waals surface area contributed by atoms with Gasteiger partial charge in [0, 0.05) is 18.2 Å². The van der Waals surface area contributed by atoms with E-state index in [1.54, 1.807) is 12.1 Å². The van der Waals surface area contributed by atoms with Crippen molar-refractivity contribution in [3.8, 4) is 11.5 Å². The van der Waals surface area contributed by atoms with E-state index in [2.05, 4.69) is 17.1 Å². The summed E-state index contributed by atoms with van der Waals surface area (Å²) in [6.45, 7) is 4.96. The lowest BCUT2D eigenvalue weighted by Gasteiger charge is -2.23. The molecule has 1 aliphatic heterocycles. The number of methoxy groups -OCH3 is 1. The predicted molar refractivity (Wildman–Crippen MR) is 77.3 cm³/mol. The Labute approximate surface area is 119 Å². The van der Waals surface area contributed by atoms with E-state index in [-0.39, 0.29) is 11.7 Å². The van der Waals surface area contributed by atoms with E-state index in [1.807, 2.05) is 0 Å². The fraction of sp³-hybridized carbons (Fsp3) is 0.533. The highest BCUT2D eigenvalue weighted by Crippen LogP contribution is 2.26. The average Bonchev–Trinajstić information content (AvgIpc) is 2.98. The van der Waals surface area contributed by atoms with Crippen LogP contribution in [0.5, 0.6) is 11.5 Å². The van der Waals surface area contributed by atoms with Crippen LogP contribution in [0.25, 0.3) is 0 Å². The Morgan fingerprint density at radius 2 is 2.15 bits per heavy atom. The topological polar surface area (TPSA) is 61.8 Å². The van der Waals surface area contributed by atoms with Gasteiger partial charge in [-0.15, -0.1) is 0 Å². The maximum atomic E-state index is 12.0. The second-order valence-corrected chi connectivity index (χ2v) is 5.19. The minimum absolute atomic E-state index is 0.0206. The lowest BCUT2D eigenvalue weighted by Crippen LogP contribution is -2.40. The lowest BCUT2D eigenvalue weighted by molar-refractivity contribution is 0.0940. The third-order valence-electron chi connectivity index (χ3n) is 3.76. The number of hydrogen-bond donors (Lipinski definition) is 2. The molecule has 1 saturated heterocycles. The zero-order valence-electron chi connectivity index (χ0n) is 12.1. The van der Waals surface area contributed by atoms with Gasteiger partial charge in [-0.1, -0.05) is 0 Å². The summed E-state index contributed by atoms with van der Waals surface area (Å²) < 4.78 is 4.96. The molecule has 1 fully saturated rings. The molecule has 2 N–H and O–H groups in total. The van der Waals surface area contributed by atoms with Crippen molar-refractivity contribution in [2.24, 2.45) is 0 Å². The molecule has 0 aliphatic carbocycles. The van der Waals surface area contributed by atoms with E-state index in [4.69, 9.17) is 4.74 Å². The largest absolute Gasteiger partial charge is 0.504 e. The van der Waals surface area contributed by atoms with Crippen molar-refractivity contribution >= 4 is 5.91 Å². The maximum Gasteiger partial charge on any atom is 0.251 e. The molecule has 1 aliphatic rings. The number of ether oxygens (including phenoxy) is 1. The molecule has 5 nitrogen and oxygen atoms in total. The quantitative estimate of drug-likeness (QED) is 0.859. The standard InChI is InChI=1S/C15H22N2O3/c1-11(17-7-3-4-8-17)10-16-15(19)12-5-6-14(20-2)13(18)9-12/h5-6,9,11,18H,3-4,7-8,10H2,1-2H3,(H,16,19). The van der Waals surface area contributed by atoms with Crippen molar-refractivity contribution in [1.82, 2.24) is 10.2 Å². The van der Waals surface area contributed by atoms with Gasteiger partial charge in [-0.3, -0.25) is 9.69 Å². The Bertz CT molecular complexity index is 470. The van der Waals surface area contributed by atoms with Crippen molar-refractivity contribution in [2.45, 2.75) is 25.8 Å². The Balaban J connectivity index is 1.89. The van der Waals surface area contributed by atoms with E-state index in [0.717, 1.165) is 13.1 Å². The molecule has 1 aromatic carbocycles. The normalized spacial score (nSPS) is 16.9. The van der Waals surface area contributed by atoms with Gasteiger partial charge in [-0.2, -0.15) is 0 Å². The number of phenols is 1. The average molecular weight is 278 g/mol. The van der Waals surface area contributed by atoms with Crippen molar-refractivity contribution in [3.05, 3.63) is 23.8 Å². The van der Waals surface area contributed by atoms with Gasteiger partial charge in [-0.25, -0.2) is 0 Å². The number of hydrogen-bond acceptors (Lipinski definition) is 4. The SMILES string of the molecule is COc1ccc(C(=O)NCC(C)N2CCCC2)cc1O. The first-order chi connectivity index (χ1) is 9.61. The lowest BCUT2D eigenvalue weighted by atomic mass is 10.2. The molecular weight excluding hydrogens is 256 g/mol. The number of amides is 1. The molecule has 1 unspecified atom stereocenters. The van der Waals surface area contributed by atoms with Crippen LogP contribution in [0.15, 0.2) is 18.2 Å². The van der Waals surface area contributed by atoms with E-state index < -0.39 is 0 Å². The van der Waals surface area contributed by atoms with Crippen LogP contribution in [-0.4, -0.2) is 48.7 Å². The van der Waals surface area contributed by atoms with Crippen LogP contribution >= 0.6 is 0 Å². The minimum atomic E-state index is -0.172. The van der Waals surface area contributed by atoms with Crippen molar-refractivity contribution in [2.75, 3.05) is 26.7 Å². The van der Waals surface area contributed by atoms with Gasteiger partial charge >= 0.3 is 0 Å². The van der Waals surface area contributed by atoms with Crippen LogP contribution in [0, 0.1) is 0 Å². The number of carbonyl (C=O) groups excluding carboxylic acids is 1. The first-order valence-electron chi connectivity index (χ1n) is 7.01. The van der Waals surface area contributed by atoms with Crippen LogP contribution in [0.1, 0.15) is 30.1 Å². The van der Waals surface area contributed by atoms with Crippen molar-refractivity contribution in [3.63, 3.8) is 0 Å². The molecule has 0 spiro atoms. The summed E-state index contributed by atoms with van der Waals surface area (Å²) in [5, 5.41) is 12.6. The zero-order valence-corrected chi connectivity index (χ0v) is 12.1. The van der Waals surface area contributed by atoms with E-state index >= 15 is 0 Å². The van der Waals surface area contributed by atoms with Gasteiger partial charge in [0.25, 0.3) is 5.91 Å². The van der Waals surface area contributed by atoms with Gasteiger partial charge in [0.05, 0.1) is 7.11 Å². The van der Waals surface area contributed by atoms with Crippen LogP contribution in [0.2, 0.25) is 0 Å². The molecule has 0 saturated carbocycles. The summed E-state index contributed by atoms with van der Waals surface area (Å²) in [6.07, 6.45) is 2.48. The van der Waals surface area contributed by atoms with Crippen LogP contribution in [0.4, 0.5) is 0 Å². The fourth-order valence-corrected chi connectivity index (χ4v) is 2.49. The molecular formula is C15H22N2O3. The van der Waals surface area contributed by atoms with Gasteiger partial charge in [0.2, 0.25) is 0 Å². The number of likely N-dealkylation sites (tertiary alicyclic amines) is 1. The molecule has 1 atom stereocenters. The molecule has 1 amide bonds. The summed E-state index contributed by atoms with van der Waals surface area (Å²) in [5.41, 5.74) is 0.442. The van der Waals surface area contributed by atoms with Gasteiger partial charge in [0.1, 0.15) is 0 Å². The number of phenolic OH excluding ortho intramolecular Hbond substituents is 1. The van der Waals surface area contributed by atoms with Crippen molar-refractivity contribution < 1.29 is 14.6 Å². The summed E-state index contributed by atoms with van der Waals surface area (Å²) in [7, 11) is 1.48. The second kappa shape index (κ2) is 6.61. The number of aromatic hydroxyl groups is 1. The first kappa shape index (κ1) is 14.7. The van der Waals surface area contributed by atoms with E-state index in [1.165, 1.54) is 26.0 Å². The number of carbonyl (C=O) groups is 1. The third kappa shape index (κ3) is 3.42. The number of nitrogens with one attached hydrogen (secondary N) is 1. The van der Waals surface area contributed by atoms with Crippen LogP contribution in [0.3, 0.4) is 0 Å². The van der Waals surface area contributed by atoms with Gasteiger partial charge < -0.3 is 15.2 Å². The molecule has 0 bridgehead atoms. The molecule has 0 aromatic heterocycles. The van der Waals surface area contributed by atoms with Crippen LogP contribution < -0.4 is 10.1 Å². The Kier molecular flexibility index (Phi) is 4.84. The fourth-order valence-electron chi connectivity index (χ4n) is 2.49. The van der Waals surface area contributed by atoms with Crippen molar-refractivity contribution in [1.29, 1.82) is 0 Å². The third-order valence-corrected chi connectivity index (χ3v) is 3.76. The highest BCUT2D eigenvalue weighted by Gasteiger charge is 2.18. The first-order valence-corrected chi connectivity index (χ1v) is 7.01. The van der Waals surface area contributed by atoms with Gasteiger partial charge in [0.15, 0.2) is 11.5 Å². The number of benzene rings is 1. The Morgan fingerprint density at radius 1 is 1.45 bits per heavy atom. The highest BCUT2D eigenvalue weighted by atomic mass is 16.5. The summed E-state index contributed by atoms with van der Waals surface area (Å²) >= 11 is 0. The molecule has 110 valence electrons. The smallest absolute Gasteiger partial charge is 0.251 e. The Hall–Kier alpha value is -1.75. The highest BCUT2D eigenvalue weighted by molar-refractivity contribution is 5.94. The molecule has 1 aromatic rings. The summed E-state index contributed by atoms with van der Waals surface area (Å²) in [6, 6.07) is 5.00. The van der Waals surface area contributed by atoms with E-state index in [0.29, 0.717) is 23.9 Å². The monoisotopic (exact) mass is 278 g/mol. The number of rotatable bonds is 5. The summed E-state index contributed by atoms with van der Waals surface area (Å²) in [5.74, 6) is 0.175. The zero-order chi connectivity index (χ0) is 14.5. The summed E-state index contributed by atoms with van der Waals surface area (Å²) in [4.78, 5) is 14.4. The van der Waals surface area contributed by atoms with Crippen LogP contribution in [-0.2, 0) is 0 Å². The molecule has 5 heteroatoms. The maximum absolute atomic E-state index is 12.0. The second-order valence-electron chi connectivity index (χ2n) is 5.19. The Morgan fingerprint density at radius 3 is 2.75 bits per heavy atom. The molecule has 1 heterocycles. The molecule has 2 rings (SSSR count). The minimum Gasteiger partial charge on any atom is -0.504 e. The molecule has 0 radical (unpaired) electrons. The number of nitrogens with zero attached hydrogens (tertiary/aromatic N) is 1. The molecule has 20 heavy (non-hydrogen) atoms. The van der Waals surface area contributed by atoms with E-state index in [9.17, 15) is 9.90 Å². The van der Waals surface area contributed by atoms with Gasteiger partial charge in [-0.05, 0) is 51.1 Å².